The van der Waals surface area contributed by atoms with E-state index >= 15 is 0 Å². The fourth-order valence-corrected chi connectivity index (χ4v) is 6.19. The van der Waals surface area contributed by atoms with Gasteiger partial charge in [-0.15, -0.1) is 39.7 Å². The van der Waals surface area contributed by atoms with Gasteiger partial charge in [-0.25, -0.2) is 6.08 Å². The topological polar surface area (TPSA) is 0 Å². The van der Waals surface area contributed by atoms with Crippen molar-refractivity contribution in [3.05, 3.63) is 147 Å². The van der Waals surface area contributed by atoms with Crippen LogP contribution >= 0.6 is 23.2 Å². The van der Waals surface area contributed by atoms with E-state index in [9.17, 15) is 0 Å². The number of benzene rings is 4. The van der Waals surface area contributed by atoms with Crippen LogP contribution in [0.1, 0.15) is 62.8 Å². The summed E-state index contributed by atoms with van der Waals surface area (Å²) < 4.78 is 1.31. The van der Waals surface area contributed by atoms with Crippen molar-refractivity contribution >= 4 is 48.0 Å². The second-order valence-electron chi connectivity index (χ2n) is 12.3. The molecule has 1 aliphatic rings. The van der Waals surface area contributed by atoms with Gasteiger partial charge in [-0.1, -0.05) is 87.3 Å². The van der Waals surface area contributed by atoms with Gasteiger partial charge in [0.2, 0.25) is 0 Å². The number of halogens is 4. The predicted molar refractivity (Wildman–Crippen MR) is 186 cm³/mol. The number of fused-ring (bicyclic) bond motifs is 3. The molecule has 1 aliphatic carbocycles. The van der Waals surface area contributed by atoms with Gasteiger partial charge in [-0.3, -0.25) is 6.08 Å². The monoisotopic (exact) mass is 750 g/mol. The van der Waals surface area contributed by atoms with Crippen molar-refractivity contribution in [3.63, 3.8) is 0 Å². The zero-order chi connectivity index (χ0) is 31.1. The number of hydrogen-bond donors (Lipinski definition) is 0. The Bertz CT molecular complexity index is 1650. The first-order chi connectivity index (χ1) is 20.4. The van der Waals surface area contributed by atoms with Gasteiger partial charge >= 0.3 is 120 Å². The van der Waals surface area contributed by atoms with E-state index in [0.717, 1.165) is 10.0 Å². The van der Waals surface area contributed by atoms with Crippen LogP contribution in [-0.2, 0) is 24.2 Å². The third kappa shape index (κ3) is 11.1. The van der Waals surface area contributed by atoms with Gasteiger partial charge in [0.1, 0.15) is 0 Å². The molecule has 0 saturated heterocycles. The van der Waals surface area contributed by atoms with Crippen molar-refractivity contribution in [2.45, 2.75) is 54.4 Å². The first-order valence-corrected chi connectivity index (χ1v) is 16.9. The van der Waals surface area contributed by atoms with E-state index in [-0.39, 0.29) is 24.8 Å². The van der Waals surface area contributed by atoms with Gasteiger partial charge in [0.05, 0.1) is 0 Å². The van der Waals surface area contributed by atoms with Crippen LogP contribution in [0, 0.1) is 31.3 Å². The molecule has 0 amide bonds. The smallest absolute Gasteiger partial charge is 1.00 e. The molecular weight excluding hydrogens is 713 g/mol. The summed E-state index contributed by atoms with van der Waals surface area (Å²) in [5, 5.41) is 6.99. The number of rotatable bonds is 4. The average Bonchev–Trinajstić information content (AvgIpc) is 3.58. The summed E-state index contributed by atoms with van der Waals surface area (Å²) in [6.45, 7) is 13.3. The van der Waals surface area contributed by atoms with Crippen LogP contribution in [0.4, 0.5) is 0 Å². The Morgan fingerprint density at radius 3 is 1.58 bits per heavy atom. The Morgan fingerprint density at radius 2 is 1.20 bits per heavy atom. The summed E-state index contributed by atoms with van der Waals surface area (Å²) in [6, 6.07) is 31.4. The molecule has 234 valence electrons. The molecule has 0 saturated carbocycles. The molecule has 0 fully saturated rings. The van der Waals surface area contributed by atoms with Gasteiger partial charge in [0.25, 0.3) is 0 Å². The largest absolute Gasteiger partial charge is 1.00 e. The maximum absolute atomic E-state index is 5.86. The van der Waals surface area contributed by atoms with Crippen molar-refractivity contribution < 1.29 is 49.0 Å². The molecule has 0 nitrogen and oxygen atoms in total. The van der Waals surface area contributed by atoms with E-state index in [1.54, 1.807) is 0 Å². The van der Waals surface area contributed by atoms with Crippen LogP contribution in [0.15, 0.2) is 109 Å². The summed E-state index contributed by atoms with van der Waals surface area (Å²) in [4.78, 5) is 0. The summed E-state index contributed by atoms with van der Waals surface area (Å²) in [5.41, 5.74) is 6.83. The zero-order valence-corrected chi connectivity index (χ0v) is 32.3. The van der Waals surface area contributed by atoms with Crippen molar-refractivity contribution in [2.75, 3.05) is 0 Å². The molecule has 0 bridgehead atoms. The van der Waals surface area contributed by atoms with E-state index in [4.69, 9.17) is 23.2 Å². The molecule has 0 aliphatic heterocycles. The minimum atomic E-state index is 0. The normalized spacial score (nSPS) is 13.6. The molecule has 1 atom stereocenters. The second-order valence-corrected chi connectivity index (χ2v) is 14.4. The summed E-state index contributed by atoms with van der Waals surface area (Å²) >= 11 is 13.1. The van der Waals surface area contributed by atoms with Crippen molar-refractivity contribution in [1.82, 2.24) is 0 Å². The maximum atomic E-state index is 5.86. The van der Waals surface area contributed by atoms with Crippen molar-refractivity contribution in [2.24, 2.45) is 11.3 Å². The maximum Gasteiger partial charge on any atom is -1.00 e. The molecule has 5 heteroatoms. The predicted octanol–water partition coefficient (Wildman–Crippen LogP) is 6.19. The third-order valence-corrected chi connectivity index (χ3v) is 9.50. The third-order valence-electron chi connectivity index (χ3n) is 7.58. The Balaban J connectivity index is 0.000000233. The Morgan fingerprint density at radius 1 is 0.756 bits per heavy atom. The van der Waals surface area contributed by atoms with Crippen LogP contribution in [0.5, 0.6) is 0 Å². The van der Waals surface area contributed by atoms with Gasteiger partial charge < -0.3 is 24.8 Å². The Hall–Kier alpha value is -1.86. The van der Waals surface area contributed by atoms with Crippen LogP contribution < -0.4 is 24.8 Å². The van der Waals surface area contributed by atoms with Gasteiger partial charge in [0, 0.05) is 0 Å². The molecule has 0 radical (unpaired) electrons. The second kappa shape index (κ2) is 17.9. The van der Waals surface area contributed by atoms with E-state index in [1.807, 2.05) is 48.5 Å². The fourth-order valence-electron chi connectivity index (χ4n) is 5.11. The average molecular weight is 754 g/mol. The summed E-state index contributed by atoms with van der Waals surface area (Å²) in [7, 11) is 0. The molecule has 0 N–H and O–H groups in total. The number of allylic oxidation sites excluding steroid dienone is 4. The first-order valence-electron chi connectivity index (χ1n) is 14.9. The van der Waals surface area contributed by atoms with E-state index < -0.39 is 0 Å². The van der Waals surface area contributed by atoms with E-state index in [2.05, 4.69) is 102 Å². The molecule has 0 heterocycles. The molecular formula is C40H40Cl4Zr-2. The Labute approximate surface area is 307 Å². The number of hydrogen-bond acceptors (Lipinski definition) is 0. The van der Waals surface area contributed by atoms with Gasteiger partial charge in [-0.05, 0) is 13.8 Å². The Kier molecular flexibility index (Phi) is 15.6. The zero-order valence-electron chi connectivity index (χ0n) is 26.8. The summed E-state index contributed by atoms with van der Waals surface area (Å²) in [5.74, 6) is 0.587. The van der Waals surface area contributed by atoms with Gasteiger partial charge in [0.15, 0.2) is 0 Å². The number of aryl methyl sites for hydroxylation is 2. The van der Waals surface area contributed by atoms with E-state index in [1.165, 1.54) is 89.7 Å². The minimum absolute atomic E-state index is 0. The standard InChI is InChI=1S/C15H13.C13H8Cl2.C12H19.2ClH.Zr/c1-10-3-5-14-12(7-10)9-13-8-11(2)4-6-15(13)14;14-12-5-1-10(2-6-12)9-11-3-7-13(15)8-4-11;1-5-6-10-7-8-11(9-10)12(2,3)4;;;/h3-9H,1-2H3;1-8H;8-10H,5-6H2,1-4H3;2*1H;/q-1;;-1;;;+2/p-2. The van der Waals surface area contributed by atoms with E-state index in [0.29, 0.717) is 11.3 Å². The van der Waals surface area contributed by atoms with Crippen LogP contribution in [0.25, 0.3) is 21.5 Å². The van der Waals surface area contributed by atoms with Crippen LogP contribution in [-0.4, -0.2) is 3.21 Å². The molecule has 6 rings (SSSR count). The molecule has 5 aromatic carbocycles. The van der Waals surface area contributed by atoms with Crippen LogP contribution in [0.2, 0.25) is 10.0 Å². The van der Waals surface area contributed by atoms with Crippen molar-refractivity contribution in [3.8, 4) is 0 Å². The molecule has 1 unspecified atom stereocenters. The quantitative estimate of drug-likeness (QED) is 0.192. The first kappa shape index (κ1) is 39.3. The van der Waals surface area contributed by atoms with Crippen molar-refractivity contribution in [1.29, 1.82) is 0 Å². The van der Waals surface area contributed by atoms with Crippen LogP contribution in [0.3, 0.4) is 0 Å². The van der Waals surface area contributed by atoms with Gasteiger partial charge in [-0.2, -0.15) is 11.6 Å². The molecule has 45 heavy (non-hydrogen) atoms. The molecule has 5 aromatic rings. The summed E-state index contributed by atoms with van der Waals surface area (Å²) in [6.07, 6.45) is 10.4. The SMILES string of the molecule is CCCC1[C-]=CC(C(C)(C)C)=C1.Cc1ccc2c(c1)[cH-]c1cc(C)ccc12.Clc1ccc([C](=[Zr+2])c2ccc(Cl)cc2)cc1.[Cl-].[Cl-]. The fraction of sp³-hybridized carbons (Fsp3) is 0.250. The molecule has 0 aromatic heterocycles. The minimum Gasteiger partial charge on any atom is -1.00 e. The molecule has 0 spiro atoms.